The SMILES string of the molecule is Cc1cccc([C@H]2CCCC(=O)O2)c1. The molecule has 1 aromatic rings. The summed E-state index contributed by atoms with van der Waals surface area (Å²) >= 11 is 0. The fourth-order valence-electron chi connectivity index (χ4n) is 1.81. The van der Waals surface area contributed by atoms with E-state index >= 15 is 0 Å². The topological polar surface area (TPSA) is 26.3 Å². The number of esters is 1. The van der Waals surface area contributed by atoms with E-state index in [9.17, 15) is 4.79 Å². The third kappa shape index (κ3) is 1.95. The smallest absolute Gasteiger partial charge is 0.306 e. The molecule has 1 aliphatic rings. The van der Waals surface area contributed by atoms with Crippen LogP contribution in [-0.2, 0) is 9.53 Å². The lowest BCUT2D eigenvalue weighted by Gasteiger charge is -2.22. The predicted molar refractivity (Wildman–Crippen MR) is 53.9 cm³/mol. The van der Waals surface area contributed by atoms with Crippen molar-refractivity contribution in [3.8, 4) is 0 Å². The molecule has 14 heavy (non-hydrogen) atoms. The molecule has 2 nitrogen and oxygen atoms in total. The maximum atomic E-state index is 11.1. The summed E-state index contributed by atoms with van der Waals surface area (Å²) in [5, 5.41) is 0. The van der Waals surface area contributed by atoms with Gasteiger partial charge in [0.2, 0.25) is 0 Å². The van der Waals surface area contributed by atoms with Crippen molar-refractivity contribution in [1.29, 1.82) is 0 Å². The lowest BCUT2D eigenvalue weighted by atomic mass is 10.00. The summed E-state index contributed by atoms with van der Waals surface area (Å²) in [7, 11) is 0. The minimum Gasteiger partial charge on any atom is -0.457 e. The van der Waals surface area contributed by atoms with E-state index in [4.69, 9.17) is 4.74 Å². The molecule has 0 spiro atoms. The molecule has 0 radical (unpaired) electrons. The van der Waals surface area contributed by atoms with Crippen LogP contribution in [0.2, 0.25) is 0 Å². The Morgan fingerprint density at radius 2 is 2.29 bits per heavy atom. The van der Waals surface area contributed by atoms with E-state index in [1.165, 1.54) is 5.56 Å². The summed E-state index contributed by atoms with van der Waals surface area (Å²) in [5.74, 6) is -0.0669. The number of rotatable bonds is 1. The second kappa shape index (κ2) is 3.82. The lowest BCUT2D eigenvalue weighted by Crippen LogP contribution is -2.16. The maximum Gasteiger partial charge on any atom is 0.306 e. The van der Waals surface area contributed by atoms with Crippen molar-refractivity contribution in [3.05, 3.63) is 35.4 Å². The van der Waals surface area contributed by atoms with Gasteiger partial charge in [-0.3, -0.25) is 4.79 Å². The zero-order chi connectivity index (χ0) is 9.97. The van der Waals surface area contributed by atoms with E-state index in [-0.39, 0.29) is 12.1 Å². The zero-order valence-corrected chi connectivity index (χ0v) is 8.32. The average Bonchev–Trinajstić information content (AvgIpc) is 2.18. The van der Waals surface area contributed by atoms with Gasteiger partial charge in [0.1, 0.15) is 6.10 Å². The first-order valence-electron chi connectivity index (χ1n) is 5.02. The summed E-state index contributed by atoms with van der Waals surface area (Å²) in [6.07, 6.45) is 2.45. The van der Waals surface area contributed by atoms with Crippen LogP contribution in [0.15, 0.2) is 24.3 Å². The van der Waals surface area contributed by atoms with Gasteiger partial charge in [0.15, 0.2) is 0 Å². The number of ether oxygens (including phenoxy) is 1. The highest BCUT2D eigenvalue weighted by atomic mass is 16.5. The number of hydrogen-bond donors (Lipinski definition) is 0. The van der Waals surface area contributed by atoms with Crippen LogP contribution in [0.4, 0.5) is 0 Å². The molecule has 2 rings (SSSR count). The van der Waals surface area contributed by atoms with E-state index in [0.29, 0.717) is 6.42 Å². The van der Waals surface area contributed by atoms with Crippen LogP contribution in [-0.4, -0.2) is 5.97 Å². The first-order valence-corrected chi connectivity index (χ1v) is 5.02. The zero-order valence-electron chi connectivity index (χ0n) is 8.32. The Morgan fingerprint density at radius 3 is 3.00 bits per heavy atom. The first-order chi connectivity index (χ1) is 6.75. The number of benzene rings is 1. The number of carbonyl (C=O) groups excluding carboxylic acids is 1. The molecule has 1 heterocycles. The summed E-state index contributed by atoms with van der Waals surface area (Å²) < 4.78 is 5.29. The molecule has 2 heteroatoms. The van der Waals surface area contributed by atoms with Gasteiger partial charge in [-0.1, -0.05) is 29.8 Å². The van der Waals surface area contributed by atoms with Crippen LogP contribution in [0, 0.1) is 6.92 Å². The molecular formula is C12H14O2. The van der Waals surface area contributed by atoms with Gasteiger partial charge in [-0.2, -0.15) is 0 Å². The van der Waals surface area contributed by atoms with Crippen LogP contribution < -0.4 is 0 Å². The van der Waals surface area contributed by atoms with Crippen molar-refractivity contribution in [2.75, 3.05) is 0 Å². The second-order valence-corrected chi connectivity index (χ2v) is 3.78. The number of carbonyl (C=O) groups is 1. The molecule has 0 N–H and O–H groups in total. The minimum absolute atomic E-state index is 0.0175. The third-order valence-electron chi connectivity index (χ3n) is 2.53. The number of cyclic esters (lactones) is 1. The fourth-order valence-corrected chi connectivity index (χ4v) is 1.81. The van der Waals surface area contributed by atoms with Crippen LogP contribution >= 0.6 is 0 Å². The molecular weight excluding hydrogens is 176 g/mol. The van der Waals surface area contributed by atoms with Crippen LogP contribution in [0.5, 0.6) is 0 Å². The van der Waals surface area contributed by atoms with E-state index in [1.807, 2.05) is 25.1 Å². The summed E-state index contributed by atoms with van der Waals surface area (Å²) in [4.78, 5) is 11.1. The van der Waals surface area contributed by atoms with E-state index < -0.39 is 0 Å². The minimum atomic E-state index is -0.0669. The monoisotopic (exact) mass is 190 g/mol. The van der Waals surface area contributed by atoms with Crippen molar-refractivity contribution in [3.63, 3.8) is 0 Å². The van der Waals surface area contributed by atoms with Crippen LogP contribution in [0.25, 0.3) is 0 Å². The van der Waals surface area contributed by atoms with E-state index in [2.05, 4.69) is 6.07 Å². The van der Waals surface area contributed by atoms with E-state index in [1.54, 1.807) is 0 Å². The molecule has 0 amide bonds. The van der Waals surface area contributed by atoms with Crippen molar-refractivity contribution >= 4 is 5.97 Å². The quantitative estimate of drug-likeness (QED) is 0.636. The Balaban J connectivity index is 2.17. The first kappa shape index (κ1) is 9.25. The Kier molecular flexibility index (Phi) is 2.53. The molecule has 1 atom stereocenters. The molecule has 0 aromatic heterocycles. The molecule has 0 bridgehead atoms. The van der Waals surface area contributed by atoms with Gasteiger partial charge >= 0.3 is 5.97 Å². The molecule has 0 saturated carbocycles. The molecule has 1 aliphatic heterocycles. The highest BCUT2D eigenvalue weighted by Crippen LogP contribution is 2.28. The predicted octanol–water partition coefficient (Wildman–Crippen LogP) is 2.76. The van der Waals surface area contributed by atoms with Crippen molar-refractivity contribution in [2.45, 2.75) is 32.3 Å². The summed E-state index contributed by atoms with van der Waals surface area (Å²) in [6, 6.07) is 8.17. The normalized spacial score (nSPS) is 21.8. The maximum absolute atomic E-state index is 11.1. The summed E-state index contributed by atoms with van der Waals surface area (Å²) in [6.45, 7) is 2.05. The Bertz CT molecular complexity index is 344. The van der Waals surface area contributed by atoms with Crippen LogP contribution in [0.1, 0.15) is 36.5 Å². The molecule has 0 aliphatic carbocycles. The standard InChI is InChI=1S/C12H14O2/c1-9-4-2-5-10(8-9)11-6-3-7-12(13)14-11/h2,4-5,8,11H,3,6-7H2,1H3/t11-/m1/s1. The number of hydrogen-bond acceptors (Lipinski definition) is 2. The largest absolute Gasteiger partial charge is 0.457 e. The second-order valence-electron chi connectivity index (χ2n) is 3.78. The highest BCUT2D eigenvalue weighted by Gasteiger charge is 2.21. The third-order valence-corrected chi connectivity index (χ3v) is 2.53. The number of aryl methyl sites for hydroxylation is 1. The van der Waals surface area contributed by atoms with Gasteiger partial charge in [0.25, 0.3) is 0 Å². The molecule has 1 aromatic carbocycles. The van der Waals surface area contributed by atoms with Gasteiger partial charge in [-0.05, 0) is 25.3 Å². The van der Waals surface area contributed by atoms with Crippen molar-refractivity contribution in [1.82, 2.24) is 0 Å². The average molecular weight is 190 g/mol. The fraction of sp³-hybridized carbons (Fsp3) is 0.417. The molecule has 1 fully saturated rings. The molecule has 1 saturated heterocycles. The lowest BCUT2D eigenvalue weighted by molar-refractivity contribution is -0.154. The highest BCUT2D eigenvalue weighted by molar-refractivity contribution is 5.70. The molecule has 0 unspecified atom stereocenters. The van der Waals surface area contributed by atoms with Gasteiger partial charge < -0.3 is 4.74 Å². The van der Waals surface area contributed by atoms with Crippen molar-refractivity contribution < 1.29 is 9.53 Å². The van der Waals surface area contributed by atoms with Gasteiger partial charge in [0, 0.05) is 6.42 Å². The van der Waals surface area contributed by atoms with E-state index in [0.717, 1.165) is 18.4 Å². The van der Waals surface area contributed by atoms with Gasteiger partial charge in [-0.25, -0.2) is 0 Å². The Labute approximate surface area is 83.9 Å². The molecule has 74 valence electrons. The van der Waals surface area contributed by atoms with Crippen LogP contribution in [0.3, 0.4) is 0 Å². The summed E-state index contributed by atoms with van der Waals surface area (Å²) in [5.41, 5.74) is 2.34. The van der Waals surface area contributed by atoms with Crippen molar-refractivity contribution in [2.24, 2.45) is 0 Å². The Morgan fingerprint density at radius 1 is 1.43 bits per heavy atom. The van der Waals surface area contributed by atoms with Gasteiger partial charge in [0.05, 0.1) is 0 Å². The van der Waals surface area contributed by atoms with Gasteiger partial charge in [-0.15, -0.1) is 0 Å². The Hall–Kier alpha value is -1.31.